The first kappa shape index (κ1) is 37.0. The van der Waals surface area contributed by atoms with Gasteiger partial charge in [-0.15, -0.1) is 6.58 Å². The van der Waals surface area contributed by atoms with Gasteiger partial charge in [-0.05, 0) is 69.6 Å². The second kappa shape index (κ2) is 15.9. The van der Waals surface area contributed by atoms with Gasteiger partial charge in [0.1, 0.15) is 24.2 Å². The number of nitrogens with one attached hydrogen (secondary N) is 4. The number of hydrogen-bond acceptors (Lipinski definition) is 7. The highest BCUT2D eigenvalue weighted by molar-refractivity contribution is 6.38. The van der Waals surface area contributed by atoms with Crippen LogP contribution in [0.2, 0.25) is 0 Å². The van der Waals surface area contributed by atoms with Gasteiger partial charge in [0.2, 0.25) is 17.6 Å². The van der Waals surface area contributed by atoms with Crippen LogP contribution in [-0.4, -0.2) is 83.8 Å². The van der Waals surface area contributed by atoms with Gasteiger partial charge in [0.15, 0.2) is 0 Å². The molecular weight excluding hydrogens is 590 g/mol. The molecule has 0 aromatic heterocycles. The summed E-state index contributed by atoms with van der Waals surface area (Å²) >= 11 is 0. The van der Waals surface area contributed by atoms with Crippen LogP contribution in [0.5, 0.6) is 0 Å². The molecule has 1 aliphatic heterocycles. The molecule has 1 saturated heterocycles. The molecule has 4 N–H and O–H groups in total. The van der Waals surface area contributed by atoms with E-state index in [1.165, 1.54) is 6.08 Å². The molecule has 12 nitrogen and oxygen atoms in total. The van der Waals surface area contributed by atoms with E-state index in [9.17, 15) is 28.8 Å². The Morgan fingerprint density at radius 1 is 0.978 bits per heavy atom. The summed E-state index contributed by atoms with van der Waals surface area (Å²) < 4.78 is 5.29. The lowest BCUT2D eigenvalue weighted by Crippen LogP contribution is -2.62. The van der Waals surface area contributed by atoms with E-state index < -0.39 is 58.7 Å². The summed E-state index contributed by atoms with van der Waals surface area (Å²) in [5.41, 5.74) is -1.28. The molecule has 3 rings (SSSR count). The lowest BCUT2D eigenvalue weighted by molar-refractivity contribution is -0.153. The van der Waals surface area contributed by atoms with Crippen molar-refractivity contribution in [2.75, 3.05) is 19.6 Å². The van der Waals surface area contributed by atoms with E-state index in [1.54, 1.807) is 25.7 Å². The van der Waals surface area contributed by atoms with Crippen LogP contribution in [0.15, 0.2) is 12.7 Å². The zero-order valence-corrected chi connectivity index (χ0v) is 28.5. The summed E-state index contributed by atoms with van der Waals surface area (Å²) in [4.78, 5) is 81.2. The first-order chi connectivity index (χ1) is 21.6. The Bertz CT molecular complexity index is 1150. The average Bonchev–Trinajstić information content (AvgIpc) is 3.68. The molecule has 0 spiro atoms. The minimum atomic E-state index is -1.00. The van der Waals surface area contributed by atoms with E-state index in [1.807, 2.05) is 20.8 Å². The molecule has 258 valence electrons. The van der Waals surface area contributed by atoms with Gasteiger partial charge in [-0.25, -0.2) is 4.79 Å². The number of ketones is 1. The van der Waals surface area contributed by atoms with Crippen molar-refractivity contribution in [3.05, 3.63) is 12.7 Å². The van der Waals surface area contributed by atoms with Gasteiger partial charge in [-0.3, -0.25) is 24.0 Å². The van der Waals surface area contributed by atoms with Crippen molar-refractivity contribution in [2.24, 2.45) is 23.2 Å². The van der Waals surface area contributed by atoms with E-state index in [-0.39, 0.29) is 36.8 Å². The van der Waals surface area contributed by atoms with Crippen LogP contribution >= 0.6 is 0 Å². The summed E-state index contributed by atoms with van der Waals surface area (Å²) in [5.74, 6) is -2.81. The SMILES string of the molecule is C=CCNC(=O)C(=O)C(CC1CC1)NC(=O)[C@@H]1C(C(C)C)CCN1C(=O)C(NC(=O)NCC(=O)OC(C)(C)C)C1(C)CCCCC1. The standard InChI is InChI=1S/C34H55N5O7/c1-8-17-35-30(43)27(41)24(19-22-12-13-22)37-29(42)26-23(21(2)3)14-18-39(26)31(44)28(34(7)15-10-9-11-16-34)38-32(45)36-20-25(40)46-33(4,5)6/h8,21-24,26,28H,1,9-20H2,2-7H3,(H,35,43)(H,37,42)(H2,36,38,45)/t23?,24?,26-,28?/m0/s1. The Kier molecular flexibility index (Phi) is 12.8. The summed E-state index contributed by atoms with van der Waals surface area (Å²) in [6.45, 7) is 14.8. The predicted molar refractivity (Wildman–Crippen MR) is 173 cm³/mol. The van der Waals surface area contributed by atoms with Crippen LogP contribution < -0.4 is 21.3 Å². The average molecular weight is 646 g/mol. The molecule has 5 amide bonds. The van der Waals surface area contributed by atoms with Crippen LogP contribution in [0.25, 0.3) is 0 Å². The fourth-order valence-corrected chi connectivity index (χ4v) is 6.74. The van der Waals surface area contributed by atoms with Crippen LogP contribution in [0.3, 0.4) is 0 Å². The van der Waals surface area contributed by atoms with E-state index in [0.717, 1.165) is 32.1 Å². The van der Waals surface area contributed by atoms with Crippen molar-refractivity contribution in [3.8, 4) is 0 Å². The van der Waals surface area contributed by atoms with E-state index >= 15 is 0 Å². The van der Waals surface area contributed by atoms with Gasteiger partial charge in [-0.2, -0.15) is 0 Å². The maximum atomic E-state index is 14.5. The Hall–Kier alpha value is -3.44. The number of rotatable bonds is 14. The number of urea groups is 1. The number of hydrogen-bond donors (Lipinski definition) is 4. The van der Waals surface area contributed by atoms with Crippen LogP contribution in [0, 0.1) is 23.2 Å². The van der Waals surface area contributed by atoms with Crippen LogP contribution in [0.4, 0.5) is 4.79 Å². The summed E-state index contributed by atoms with van der Waals surface area (Å²) in [6.07, 6.45) is 8.54. The molecule has 0 radical (unpaired) electrons. The van der Waals surface area contributed by atoms with Crippen LogP contribution in [0.1, 0.15) is 99.3 Å². The number of amides is 5. The van der Waals surface area contributed by atoms with Gasteiger partial charge in [0, 0.05) is 13.1 Å². The first-order valence-electron chi connectivity index (χ1n) is 16.9. The number of likely N-dealkylation sites (tertiary alicyclic amines) is 1. The zero-order chi connectivity index (χ0) is 34.2. The third kappa shape index (κ3) is 10.3. The Labute approximate surface area is 273 Å². The Morgan fingerprint density at radius 3 is 2.20 bits per heavy atom. The Morgan fingerprint density at radius 2 is 1.63 bits per heavy atom. The maximum Gasteiger partial charge on any atom is 0.325 e. The lowest BCUT2D eigenvalue weighted by Gasteiger charge is -2.42. The summed E-state index contributed by atoms with van der Waals surface area (Å²) in [6, 6.07) is -3.49. The van der Waals surface area contributed by atoms with E-state index in [2.05, 4.69) is 27.8 Å². The number of ether oxygens (including phenoxy) is 1. The quantitative estimate of drug-likeness (QED) is 0.128. The second-order valence-electron chi connectivity index (χ2n) is 14.8. The molecule has 3 fully saturated rings. The molecular formula is C34H55N5O7. The van der Waals surface area contributed by atoms with Gasteiger partial charge < -0.3 is 30.9 Å². The number of esters is 1. The summed E-state index contributed by atoms with van der Waals surface area (Å²) in [7, 11) is 0. The van der Waals surface area contributed by atoms with Gasteiger partial charge in [-0.1, -0.05) is 59.0 Å². The molecule has 12 heteroatoms. The molecule has 46 heavy (non-hydrogen) atoms. The smallest absolute Gasteiger partial charge is 0.325 e. The molecule has 3 aliphatic rings. The minimum absolute atomic E-state index is 0.0517. The maximum absolute atomic E-state index is 14.5. The van der Waals surface area contributed by atoms with Gasteiger partial charge in [0.25, 0.3) is 5.91 Å². The van der Waals surface area contributed by atoms with Crippen LogP contribution in [-0.2, 0) is 28.7 Å². The molecule has 2 aliphatic carbocycles. The molecule has 0 aromatic carbocycles. The lowest BCUT2D eigenvalue weighted by atomic mass is 9.70. The normalized spacial score (nSPS) is 22.3. The zero-order valence-electron chi connectivity index (χ0n) is 28.5. The largest absolute Gasteiger partial charge is 0.459 e. The monoisotopic (exact) mass is 645 g/mol. The van der Waals surface area contributed by atoms with Crippen molar-refractivity contribution in [2.45, 2.75) is 123 Å². The molecule has 2 saturated carbocycles. The highest BCUT2D eigenvalue weighted by atomic mass is 16.6. The van der Waals surface area contributed by atoms with Crippen molar-refractivity contribution in [1.29, 1.82) is 0 Å². The van der Waals surface area contributed by atoms with Crippen molar-refractivity contribution < 1.29 is 33.5 Å². The highest BCUT2D eigenvalue weighted by Crippen LogP contribution is 2.41. The molecule has 4 atom stereocenters. The fraction of sp³-hybridized carbons (Fsp3) is 0.765. The Balaban J connectivity index is 1.84. The molecule has 3 unspecified atom stereocenters. The van der Waals surface area contributed by atoms with Gasteiger partial charge in [0.05, 0.1) is 6.04 Å². The number of Topliss-reactive ketones (excluding diaryl/α,β-unsaturated/α-hetero) is 1. The predicted octanol–water partition coefficient (Wildman–Crippen LogP) is 3.00. The highest BCUT2D eigenvalue weighted by Gasteiger charge is 2.50. The number of carbonyl (C=O) groups is 6. The topological polar surface area (TPSA) is 163 Å². The second-order valence-corrected chi connectivity index (χ2v) is 14.8. The fourth-order valence-electron chi connectivity index (χ4n) is 6.74. The third-order valence-electron chi connectivity index (χ3n) is 9.41. The summed E-state index contributed by atoms with van der Waals surface area (Å²) in [5, 5.41) is 10.8. The number of carbonyl (C=O) groups excluding carboxylic acids is 6. The third-order valence-corrected chi connectivity index (χ3v) is 9.41. The first-order valence-corrected chi connectivity index (χ1v) is 16.9. The molecule has 1 heterocycles. The molecule has 0 aromatic rings. The number of nitrogens with zero attached hydrogens (tertiary/aromatic N) is 1. The van der Waals surface area contributed by atoms with E-state index in [4.69, 9.17) is 4.74 Å². The minimum Gasteiger partial charge on any atom is -0.459 e. The van der Waals surface area contributed by atoms with Crippen molar-refractivity contribution in [1.82, 2.24) is 26.2 Å². The van der Waals surface area contributed by atoms with Crippen molar-refractivity contribution >= 4 is 35.5 Å². The van der Waals surface area contributed by atoms with Crippen molar-refractivity contribution in [3.63, 3.8) is 0 Å². The van der Waals surface area contributed by atoms with E-state index in [0.29, 0.717) is 32.2 Å². The molecule has 0 bridgehead atoms. The van der Waals surface area contributed by atoms with Gasteiger partial charge >= 0.3 is 12.0 Å².